The Morgan fingerprint density at radius 3 is 1.81 bits per heavy atom. The van der Waals surface area contributed by atoms with Crippen molar-refractivity contribution in [2.45, 2.75) is 44.6 Å². The second-order valence-electron chi connectivity index (χ2n) is 8.78. The van der Waals surface area contributed by atoms with E-state index in [-0.39, 0.29) is 0 Å². The van der Waals surface area contributed by atoms with Gasteiger partial charge < -0.3 is 10.4 Å². The third-order valence-corrected chi connectivity index (χ3v) is 7.41. The lowest BCUT2D eigenvalue weighted by molar-refractivity contribution is 0.102. The van der Waals surface area contributed by atoms with E-state index in [1.807, 2.05) is 66.7 Å². The number of hydrogen-bond donors (Lipinski definition) is 3. The Labute approximate surface area is 185 Å². The minimum atomic E-state index is -3.44. The molecule has 0 saturated carbocycles. The van der Waals surface area contributed by atoms with Crippen molar-refractivity contribution in [1.82, 2.24) is 0 Å². The van der Waals surface area contributed by atoms with Gasteiger partial charge in [-0.15, -0.1) is 0 Å². The van der Waals surface area contributed by atoms with Crippen LogP contribution in [0.15, 0.2) is 78.9 Å². The molecule has 3 rings (SSSR count). The Balaban J connectivity index is 1.62. The lowest BCUT2D eigenvalue weighted by Gasteiger charge is -2.24. The summed E-state index contributed by atoms with van der Waals surface area (Å²) in [6.07, 6.45) is 0. The highest BCUT2D eigenvalue weighted by Gasteiger charge is 2.28. The van der Waals surface area contributed by atoms with Gasteiger partial charge in [-0.25, -0.2) is 8.42 Å². The predicted molar refractivity (Wildman–Crippen MR) is 128 cm³/mol. The molecule has 1 unspecified atom stereocenters. The second kappa shape index (κ2) is 8.73. The molecule has 31 heavy (non-hydrogen) atoms. The van der Waals surface area contributed by atoms with E-state index in [1.54, 1.807) is 39.8 Å². The van der Waals surface area contributed by atoms with Gasteiger partial charge in [-0.1, -0.05) is 54.6 Å². The molecule has 0 aromatic heterocycles. The molecule has 164 valence electrons. The summed E-state index contributed by atoms with van der Waals surface area (Å²) in [6, 6.07) is 24.6. The third kappa shape index (κ3) is 5.46. The van der Waals surface area contributed by atoms with Crippen LogP contribution >= 0.6 is 0 Å². The van der Waals surface area contributed by atoms with Gasteiger partial charge in [0.2, 0.25) is 10.0 Å². The quantitative estimate of drug-likeness (QED) is 0.480. The Morgan fingerprint density at radius 1 is 0.742 bits per heavy atom. The van der Waals surface area contributed by atoms with Gasteiger partial charge in [0.1, 0.15) is 5.60 Å². The van der Waals surface area contributed by atoms with Crippen LogP contribution in [0.25, 0.3) is 0 Å². The van der Waals surface area contributed by atoms with Gasteiger partial charge in [0, 0.05) is 17.9 Å². The summed E-state index contributed by atoms with van der Waals surface area (Å²) in [5, 5.41) is 14.3. The zero-order valence-electron chi connectivity index (χ0n) is 18.4. The van der Waals surface area contributed by atoms with E-state index in [0.29, 0.717) is 12.2 Å². The molecule has 0 radical (unpaired) electrons. The number of anilines is 2. The summed E-state index contributed by atoms with van der Waals surface area (Å²) in [5.41, 5.74) is 3.11. The Kier molecular flexibility index (Phi) is 6.43. The van der Waals surface area contributed by atoms with Gasteiger partial charge in [-0.05, 0) is 68.7 Å². The minimum absolute atomic E-state index is 0.547. The first-order valence-corrected chi connectivity index (χ1v) is 11.7. The maximum absolute atomic E-state index is 12.3. The molecule has 3 N–H and O–H groups in total. The Bertz CT molecular complexity index is 1100. The molecule has 0 amide bonds. The van der Waals surface area contributed by atoms with Crippen LogP contribution in [0, 0.1) is 0 Å². The summed E-state index contributed by atoms with van der Waals surface area (Å²) in [4.78, 5) is 0. The van der Waals surface area contributed by atoms with Crippen molar-refractivity contribution in [3.63, 3.8) is 0 Å². The topological polar surface area (TPSA) is 78.4 Å². The van der Waals surface area contributed by atoms with E-state index in [0.717, 1.165) is 22.4 Å². The maximum Gasteiger partial charge on any atom is 0.237 e. The fraction of sp³-hybridized carbons (Fsp3) is 0.280. The van der Waals surface area contributed by atoms with Crippen molar-refractivity contribution >= 4 is 21.4 Å². The molecule has 0 aliphatic rings. The monoisotopic (exact) mass is 438 g/mol. The first-order valence-electron chi connectivity index (χ1n) is 10.2. The molecule has 0 bridgehead atoms. The lowest BCUT2D eigenvalue weighted by Crippen LogP contribution is -2.33. The number of aliphatic hydroxyl groups is 1. The molecule has 3 aromatic carbocycles. The van der Waals surface area contributed by atoms with Gasteiger partial charge in [0.25, 0.3) is 0 Å². The number of rotatable bonds is 7. The molecule has 0 spiro atoms. The summed E-state index contributed by atoms with van der Waals surface area (Å²) in [7, 11) is -3.44. The van der Waals surface area contributed by atoms with Crippen molar-refractivity contribution in [3.05, 3.63) is 95.6 Å². The molecular weight excluding hydrogens is 408 g/mol. The van der Waals surface area contributed by atoms with Crippen LogP contribution in [-0.4, -0.2) is 18.3 Å². The highest BCUT2D eigenvalue weighted by molar-refractivity contribution is 7.94. The normalized spacial score (nSPS) is 14.0. The molecule has 0 saturated heterocycles. The van der Waals surface area contributed by atoms with Gasteiger partial charge >= 0.3 is 0 Å². The molecule has 5 nitrogen and oxygen atoms in total. The summed E-state index contributed by atoms with van der Waals surface area (Å²) in [5.74, 6) is 0. The van der Waals surface area contributed by atoms with Crippen LogP contribution in [0.3, 0.4) is 0 Å². The van der Waals surface area contributed by atoms with Crippen LogP contribution < -0.4 is 10.0 Å². The Hall–Kier alpha value is -2.83. The van der Waals surface area contributed by atoms with Gasteiger partial charge in [0.15, 0.2) is 0 Å². The zero-order valence-corrected chi connectivity index (χ0v) is 19.2. The molecule has 0 fully saturated rings. The van der Waals surface area contributed by atoms with E-state index in [4.69, 9.17) is 0 Å². The van der Waals surface area contributed by atoms with E-state index < -0.39 is 20.4 Å². The van der Waals surface area contributed by atoms with Gasteiger partial charge in [0.05, 0.1) is 4.75 Å². The fourth-order valence-corrected chi connectivity index (χ4v) is 3.80. The molecular formula is C25H30N2O3S. The van der Waals surface area contributed by atoms with Crippen molar-refractivity contribution in [2.75, 3.05) is 10.0 Å². The first-order chi connectivity index (χ1) is 14.5. The highest BCUT2D eigenvalue weighted by Crippen LogP contribution is 2.29. The lowest BCUT2D eigenvalue weighted by atomic mass is 9.88. The minimum Gasteiger partial charge on any atom is -0.381 e. The molecule has 6 heteroatoms. The molecule has 0 aliphatic heterocycles. The van der Waals surface area contributed by atoms with Crippen molar-refractivity contribution in [1.29, 1.82) is 0 Å². The standard InChI is InChI=1S/C25H30N2O3S/c1-24(2,3)31(29,30)27-23-14-10-19(11-15-23)18-26-22-16-12-21(13-17-22)25(4,28)20-8-6-5-7-9-20/h5-17,26-28H,18H2,1-4H3. The molecule has 0 heterocycles. The number of sulfonamides is 1. The highest BCUT2D eigenvalue weighted by atomic mass is 32.2. The average molecular weight is 439 g/mol. The Morgan fingerprint density at radius 2 is 1.26 bits per heavy atom. The largest absolute Gasteiger partial charge is 0.381 e. The van der Waals surface area contributed by atoms with Crippen molar-refractivity contribution in [2.24, 2.45) is 0 Å². The number of hydrogen-bond acceptors (Lipinski definition) is 4. The van der Waals surface area contributed by atoms with Crippen molar-refractivity contribution in [3.8, 4) is 0 Å². The summed E-state index contributed by atoms with van der Waals surface area (Å²) < 4.78 is 26.3. The van der Waals surface area contributed by atoms with Gasteiger partial charge in [-0.3, -0.25) is 4.72 Å². The molecule has 0 aliphatic carbocycles. The number of benzene rings is 3. The van der Waals surface area contributed by atoms with Crippen molar-refractivity contribution < 1.29 is 13.5 Å². The first kappa shape index (κ1) is 22.8. The van der Waals surface area contributed by atoms with Crippen LogP contribution in [-0.2, 0) is 22.2 Å². The summed E-state index contributed by atoms with van der Waals surface area (Å²) in [6.45, 7) is 7.38. The predicted octanol–water partition coefficient (Wildman–Crippen LogP) is 5.09. The average Bonchev–Trinajstić information content (AvgIpc) is 2.73. The zero-order chi connectivity index (χ0) is 22.7. The van der Waals surface area contributed by atoms with E-state index in [1.165, 1.54) is 0 Å². The maximum atomic E-state index is 12.3. The van der Waals surface area contributed by atoms with Gasteiger partial charge in [-0.2, -0.15) is 0 Å². The number of nitrogens with one attached hydrogen (secondary N) is 2. The molecule has 3 aromatic rings. The van der Waals surface area contributed by atoms with E-state index in [9.17, 15) is 13.5 Å². The van der Waals surface area contributed by atoms with Crippen LogP contribution in [0.5, 0.6) is 0 Å². The van der Waals surface area contributed by atoms with Crippen LogP contribution in [0.2, 0.25) is 0 Å². The third-order valence-electron chi connectivity index (χ3n) is 5.29. The second-order valence-corrected chi connectivity index (χ2v) is 11.2. The van der Waals surface area contributed by atoms with E-state index >= 15 is 0 Å². The SMILES string of the molecule is CC(O)(c1ccccc1)c1ccc(NCc2ccc(NS(=O)(=O)C(C)(C)C)cc2)cc1. The smallest absolute Gasteiger partial charge is 0.237 e. The summed E-state index contributed by atoms with van der Waals surface area (Å²) >= 11 is 0. The van der Waals surface area contributed by atoms with Crippen LogP contribution in [0.4, 0.5) is 11.4 Å². The van der Waals surface area contributed by atoms with Crippen LogP contribution in [0.1, 0.15) is 44.4 Å². The molecule has 1 atom stereocenters. The fourth-order valence-electron chi connectivity index (χ4n) is 3.04. The van der Waals surface area contributed by atoms with E-state index in [2.05, 4.69) is 10.0 Å².